The predicted molar refractivity (Wildman–Crippen MR) is 84.1 cm³/mol. The number of halogens is 1. The van der Waals surface area contributed by atoms with Gasteiger partial charge in [0.2, 0.25) is 0 Å². The Hall–Kier alpha value is -1.62. The molecule has 0 unspecified atom stereocenters. The second-order valence-corrected chi connectivity index (χ2v) is 6.39. The van der Waals surface area contributed by atoms with Crippen molar-refractivity contribution in [3.05, 3.63) is 34.9 Å². The lowest BCUT2D eigenvalue weighted by molar-refractivity contribution is 0.172. The first-order chi connectivity index (χ1) is 9.34. The molecule has 0 radical (unpaired) electrons. The van der Waals surface area contributed by atoms with Gasteiger partial charge in [0.15, 0.2) is 0 Å². The first kappa shape index (κ1) is 14.8. The molecule has 1 aromatic carbocycles. The summed E-state index contributed by atoms with van der Waals surface area (Å²) in [6.45, 7) is 5.84. The zero-order valence-corrected chi connectivity index (χ0v) is 13.6. The number of nitrogens with zero attached hydrogens (tertiary/aromatic N) is 2. The van der Waals surface area contributed by atoms with Crippen LogP contribution >= 0.6 is 15.9 Å². The van der Waals surface area contributed by atoms with Crippen LogP contribution in [0.15, 0.2) is 34.9 Å². The van der Waals surface area contributed by atoms with Gasteiger partial charge in [-0.2, -0.15) is 0 Å². The highest BCUT2D eigenvalue weighted by Gasteiger charge is 2.31. The van der Waals surface area contributed by atoms with Crippen LogP contribution in [0.3, 0.4) is 0 Å². The Kier molecular flexibility index (Phi) is 3.99. The van der Waals surface area contributed by atoms with Gasteiger partial charge >= 0.3 is 6.09 Å². The second-order valence-electron chi connectivity index (χ2n) is 5.48. The largest absolute Gasteiger partial charge is 0.452 e. The topological polar surface area (TPSA) is 42.4 Å². The normalized spacial score (nSPS) is 11.4. The van der Waals surface area contributed by atoms with Crippen LogP contribution in [0, 0.1) is 0 Å². The highest BCUT2D eigenvalue weighted by atomic mass is 79.9. The number of carbonyl (C=O) groups is 1. The lowest BCUT2D eigenvalue weighted by atomic mass is 10.0. The predicted octanol–water partition coefficient (Wildman–Crippen LogP) is 4.37. The average Bonchev–Trinajstić information content (AvgIpc) is 2.36. The number of amides is 1. The summed E-state index contributed by atoms with van der Waals surface area (Å²) in [5.41, 5.74) is -0.429. The molecule has 0 aliphatic rings. The number of carbonyl (C=O) groups excluding carboxylic acids is 1. The van der Waals surface area contributed by atoms with Gasteiger partial charge in [-0.05, 0) is 50.4 Å². The number of hydrogen-bond acceptors (Lipinski definition) is 3. The third-order valence-electron chi connectivity index (χ3n) is 2.95. The van der Waals surface area contributed by atoms with Crippen LogP contribution in [-0.2, 0) is 4.74 Å². The van der Waals surface area contributed by atoms with Crippen LogP contribution < -0.4 is 4.90 Å². The van der Waals surface area contributed by atoms with Crippen molar-refractivity contribution in [2.75, 3.05) is 12.0 Å². The summed E-state index contributed by atoms with van der Waals surface area (Å²) in [6.07, 6.45) is 1.28. The van der Waals surface area contributed by atoms with Gasteiger partial charge in [-0.25, -0.2) is 9.78 Å². The Balaban J connectivity index is 2.68. The number of rotatable bonds is 1. The molecule has 1 heterocycles. The second kappa shape index (κ2) is 5.40. The van der Waals surface area contributed by atoms with Crippen molar-refractivity contribution in [3.63, 3.8) is 0 Å². The molecule has 0 aliphatic carbocycles. The van der Waals surface area contributed by atoms with E-state index < -0.39 is 11.6 Å². The smallest absolute Gasteiger partial charge is 0.415 e. The molecule has 0 N–H and O–H groups in total. The lowest BCUT2D eigenvalue weighted by Gasteiger charge is -2.33. The van der Waals surface area contributed by atoms with Gasteiger partial charge in [0, 0.05) is 21.6 Å². The van der Waals surface area contributed by atoms with Gasteiger partial charge in [-0.15, -0.1) is 0 Å². The number of benzene rings is 1. The van der Waals surface area contributed by atoms with Crippen LogP contribution in [0.5, 0.6) is 0 Å². The highest BCUT2D eigenvalue weighted by molar-refractivity contribution is 9.10. The fraction of sp³-hybridized carbons (Fsp3) is 0.333. The SMILES string of the molecule is COC(=O)N(c1nccc2cc(Br)ccc12)C(C)(C)C. The standard InChI is InChI=1S/C15H17BrN2O2/c1-15(2,3)18(14(19)20-4)13-12-6-5-11(16)9-10(12)7-8-17-13/h5-9H,1-4H3. The molecule has 106 valence electrons. The number of fused-ring (bicyclic) bond motifs is 1. The molecule has 0 fully saturated rings. The number of ether oxygens (including phenoxy) is 1. The molecule has 20 heavy (non-hydrogen) atoms. The van der Waals surface area contributed by atoms with Gasteiger partial charge in [0.25, 0.3) is 0 Å². The van der Waals surface area contributed by atoms with Crippen LogP contribution in [0.1, 0.15) is 20.8 Å². The van der Waals surface area contributed by atoms with E-state index in [1.165, 1.54) is 7.11 Å². The molecule has 0 aliphatic heterocycles. The average molecular weight is 337 g/mol. The molecule has 2 aromatic rings. The molecule has 5 heteroatoms. The minimum Gasteiger partial charge on any atom is -0.452 e. The van der Waals surface area contributed by atoms with E-state index >= 15 is 0 Å². The van der Waals surface area contributed by atoms with Crippen LogP contribution in [0.4, 0.5) is 10.6 Å². The van der Waals surface area contributed by atoms with Crippen molar-refractivity contribution in [3.8, 4) is 0 Å². The molecule has 0 atom stereocenters. The molecule has 0 saturated carbocycles. The van der Waals surface area contributed by atoms with Gasteiger partial charge < -0.3 is 4.74 Å². The number of hydrogen-bond donors (Lipinski definition) is 0. The summed E-state index contributed by atoms with van der Waals surface area (Å²) < 4.78 is 5.89. The summed E-state index contributed by atoms with van der Waals surface area (Å²) in [6, 6.07) is 7.80. The molecule has 1 aromatic heterocycles. The summed E-state index contributed by atoms with van der Waals surface area (Å²) in [7, 11) is 1.38. The van der Waals surface area contributed by atoms with Crippen LogP contribution in [-0.4, -0.2) is 23.7 Å². The van der Waals surface area contributed by atoms with E-state index in [4.69, 9.17) is 4.74 Å². The Morgan fingerprint density at radius 1 is 1.30 bits per heavy atom. The van der Waals surface area contributed by atoms with Crippen molar-refractivity contribution < 1.29 is 9.53 Å². The molecule has 0 spiro atoms. The van der Waals surface area contributed by atoms with Crippen LogP contribution in [0.25, 0.3) is 10.8 Å². The molecule has 4 nitrogen and oxygen atoms in total. The third kappa shape index (κ3) is 2.77. The summed E-state index contributed by atoms with van der Waals surface area (Å²) in [5, 5.41) is 1.93. The summed E-state index contributed by atoms with van der Waals surface area (Å²) >= 11 is 3.45. The molecule has 0 saturated heterocycles. The van der Waals surface area contributed by atoms with Gasteiger partial charge in [0.1, 0.15) is 5.82 Å². The number of methoxy groups -OCH3 is 1. The van der Waals surface area contributed by atoms with Crippen molar-refractivity contribution in [2.45, 2.75) is 26.3 Å². The summed E-state index contributed by atoms with van der Waals surface area (Å²) in [4.78, 5) is 18.1. The number of anilines is 1. The van der Waals surface area contributed by atoms with Crippen molar-refractivity contribution in [2.24, 2.45) is 0 Å². The lowest BCUT2D eigenvalue weighted by Crippen LogP contribution is -2.46. The van der Waals surface area contributed by atoms with Crippen LogP contribution in [0.2, 0.25) is 0 Å². The Bertz CT molecular complexity index is 650. The minimum absolute atomic E-state index is 0.416. The fourth-order valence-corrected chi connectivity index (χ4v) is 2.46. The molecular weight excluding hydrogens is 320 g/mol. The van der Waals surface area contributed by atoms with Crippen molar-refractivity contribution in [1.82, 2.24) is 4.98 Å². The Morgan fingerprint density at radius 2 is 2.00 bits per heavy atom. The van der Waals surface area contributed by atoms with E-state index in [0.717, 1.165) is 15.2 Å². The minimum atomic E-state index is -0.429. The van der Waals surface area contributed by atoms with E-state index in [9.17, 15) is 4.79 Å². The van der Waals surface area contributed by atoms with E-state index in [1.54, 1.807) is 11.1 Å². The molecule has 2 rings (SSSR count). The van der Waals surface area contributed by atoms with Crippen molar-refractivity contribution >= 4 is 38.6 Å². The zero-order chi connectivity index (χ0) is 14.9. The maximum atomic E-state index is 12.1. The monoisotopic (exact) mass is 336 g/mol. The first-order valence-electron chi connectivity index (χ1n) is 6.27. The van der Waals surface area contributed by atoms with Gasteiger partial charge in [0.05, 0.1) is 7.11 Å². The Morgan fingerprint density at radius 3 is 2.60 bits per heavy atom. The molecular formula is C15H17BrN2O2. The third-order valence-corrected chi connectivity index (χ3v) is 3.44. The van der Waals surface area contributed by atoms with E-state index in [0.29, 0.717) is 5.82 Å². The van der Waals surface area contributed by atoms with Crippen molar-refractivity contribution in [1.29, 1.82) is 0 Å². The number of aromatic nitrogens is 1. The molecule has 1 amide bonds. The first-order valence-corrected chi connectivity index (χ1v) is 7.06. The van der Waals surface area contributed by atoms with E-state index in [-0.39, 0.29) is 0 Å². The maximum absolute atomic E-state index is 12.1. The number of pyridine rings is 1. The van der Waals surface area contributed by atoms with Gasteiger partial charge in [-0.3, -0.25) is 4.90 Å². The zero-order valence-electron chi connectivity index (χ0n) is 12.0. The van der Waals surface area contributed by atoms with E-state index in [2.05, 4.69) is 20.9 Å². The Labute approximate surface area is 126 Å². The summed E-state index contributed by atoms with van der Waals surface area (Å²) in [5.74, 6) is 0.606. The maximum Gasteiger partial charge on any atom is 0.415 e. The fourth-order valence-electron chi connectivity index (χ4n) is 2.08. The molecule has 0 bridgehead atoms. The van der Waals surface area contributed by atoms with Gasteiger partial charge in [-0.1, -0.05) is 15.9 Å². The highest BCUT2D eigenvalue weighted by Crippen LogP contribution is 2.31. The quantitative estimate of drug-likeness (QED) is 0.776. The van der Waals surface area contributed by atoms with E-state index in [1.807, 2.05) is 45.0 Å².